The molecular formula is C40H49NO12. The van der Waals surface area contributed by atoms with Gasteiger partial charge in [0.05, 0.1) is 47.0 Å². The van der Waals surface area contributed by atoms with Crippen LogP contribution in [0.4, 0.5) is 0 Å². The van der Waals surface area contributed by atoms with E-state index < -0.39 is 76.3 Å². The SMILES string of the molecule is COC1C=COC2(C)Oc3c(C)c(O)c4c(c3C2=O)C(=O)C=C(NC(=O)C(C)=CC=CC(C)C2OC(C)(C)OC(C2C)C(C)C(OC(C)=O)C1C)C4=O. The summed E-state index contributed by atoms with van der Waals surface area (Å²) >= 11 is 0. The second kappa shape index (κ2) is 14.7. The Hall–Kier alpha value is -4.59. The molecule has 53 heavy (non-hydrogen) atoms. The Morgan fingerprint density at radius 3 is 2.21 bits per heavy atom. The lowest BCUT2D eigenvalue weighted by atomic mass is 9.77. The van der Waals surface area contributed by atoms with Gasteiger partial charge in [0.15, 0.2) is 11.6 Å². The number of allylic oxidation sites excluding steroid dienone is 4. The second-order valence-electron chi connectivity index (χ2n) is 15.0. The van der Waals surface area contributed by atoms with E-state index in [0.29, 0.717) is 0 Å². The van der Waals surface area contributed by atoms with Gasteiger partial charge in [0.25, 0.3) is 11.7 Å². The molecule has 1 fully saturated rings. The maximum absolute atomic E-state index is 14.0. The molecule has 1 aromatic carbocycles. The minimum Gasteiger partial charge on any atom is -0.507 e. The second-order valence-corrected chi connectivity index (χ2v) is 15.0. The summed E-state index contributed by atoms with van der Waals surface area (Å²) in [6.45, 7) is 17.2. The first-order chi connectivity index (χ1) is 24.7. The third-order valence-electron chi connectivity index (χ3n) is 10.6. The number of methoxy groups -OCH3 is 1. The number of esters is 1. The van der Waals surface area contributed by atoms with Crippen molar-refractivity contribution in [3.8, 4) is 11.5 Å². The molecule has 2 N–H and O–H groups in total. The van der Waals surface area contributed by atoms with Gasteiger partial charge in [-0.1, -0.05) is 45.9 Å². The molecule has 1 amide bonds. The van der Waals surface area contributed by atoms with Gasteiger partial charge in [-0.05, 0) is 33.8 Å². The molecule has 9 atom stereocenters. The monoisotopic (exact) mass is 735 g/mol. The van der Waals surface area contributed by atoms with Crippen molar-refractivity contribution >= 4 is 29.2 Å². The molecule has 9 unspecified atom stereocenters. The van der Waals surface area contributed by atoms with Crippen molar-refractivity contribution in [3.05, 3.63) is 70.2 Å². The van der Waals surface area contributed by atoms with Crippen LogP contribution < -0.4 is 10.1 Å². The molecule has 7 bridgehead atoms. The van der Waals surface area contributed by atoms with Gasteiger partial charge in [-0.25, -0.2) is 0 Å². The number of phenols is 1. The van der Waals surface area contributed by atoms with Crippen molar-refractivity contribution < 1.29 is 57.5 Å². The van der Waals surface area contributed by atoms with E-state index in [1.54, 1.807) is 25.2 Å². The van der Waals surface area contributed by atoms with Crippen molar-refractivity contribution in [1.82, 2.24) is 5.32 Å². The van der Waals surface area contributed by atoms with Gasteiger partial charge in [-0.3, -0.25) is 24.0 Å². The number of Topliss-reactive ketones (excluding diaryl/α,β-unsaturated/α-hetero) is 2. The highest BCUT2D eigenvalue weighted by molar-refractivity contribution is 6.30. The van der Waals surface area contributed by atoms with E-state index in [-0.39, 0.29) is 57.6 Å². The summed E-state index contributed by atoms with van der Waals surface area (Å²) in [5.41, 5.74) is -1.07. The smallest absolute Gasteiger partial charge is 0.312 e. The van der Waals surface area contributed by atoms with Crippen LogP contribution in [0.25, 0.3) is 0 Å². The Morgan fingerprint density at radius 2 is 1.57 bits per heavy atom. The third-order valence-corrected chi connectivity index (χ3v) is 10.6. The van der Waals surface area contributed by atoms with Gasteiger partial charge in [-0.2, -0.15) is 0 Å². The number of amides is 1. The number of rotatable bonds is 2. The predicted molar refractivity (Wildman–Crippen MR) is 191 cm³/mol. The molecule has 6 rings (SSSR count). The van der Waals surface area contributed by atoms with Crippen LogP contribution in [0.15, 0.2) is 47.9 Å². The van der Waals surface area contributed by atoms with Crippen LogP contribution in [0, 0.1) is 30.6 Å². The molecule has 286 valence electrons. The standard InChI is InChI=1S/C40H49NO12/c1-18-13-12-14-19(2)38(47)41-25-17-26(43)28-29(32(25)45)31(44)21(4)36-30(28)37(46)40(10,53-36)49-16-15-27(48-11)20(3)34(50-24(7)42)23(6)35-22(5)33(18)51-39(8,9)52-35/h12-18,20,22-23,27,33-35,44H,1-11H3,(H,41,47). The number of carbonyl (C=O) groups is 5. The number of nitrogens with one attached hydrogen (secondary N) is 1. The fraction of sp³-hybridized carbons (Fsp3) is 0.525. The quantitative estimate of drug-likeness (QED) is 0.370. The molecule has 0 saturated carbocycles. The van der Waals surface area contributed by atoms with Crippen molar-refractivity contribution in [2.75, 3.05) is 7.11 Å². The van der Waals surface area contributed by atoms with Gasteiger partial charge in [0, 0.05) is 61.8 Å². The van der Waals surface area contributed by atoms with Crippen molar-refractivity contribution in [3.63, 3.8) is 0 Å². The number of ether oxygens (including phenoxy) is 6. The van der Waals surface area contributed by atoms with E-state index in [9.17, 15) is 29.1 Å². The van der Waals surface area contributed by atoms with E-state index in [0.717, 1.165) is 6.08 Å². The summed E-state index contributed by atoms with van der Waals surface area (Å²) in [7, 11) is 1.49. The molecule has 0 aromatic heterocycles. The Bertz CT molecular complexity index is 1850. The lowest BCUT2D eigenvalue weighted by Crippen LogP contribution is -2.56. The minimum absolute atomic E-state index is 0.0356. The summed E-state index contributed by atoms with van der Waals surface area (Å²) in [6.07, 6.45) is 6.77. The van der Waals surface area contributed by atoms with Crippen LogP contribution >= 0.6 is 0 Å². The topological polar surface area (TPSA) is 173 Å². The molecular weight excluding hydrogens is 686 g/mol. The van der Waals surface area contributed by atoms with Crippen LogP contribution in [-0.2, 0) is 33.3 Å². The number of hydrogen-bond donors (Lipinski definition) is 2. The van der Waals surface area contributed by atoms with E-state index in [2.05, 4.69) is 5.32 Å². The number of carbonyl (C=O) groups excluding carboxylic acids is 5. The zero-order valence-corrected chi connectivity index (χ0v) is 32.0. The van der Waals surface area contributed by atoms with Crippen LogP contribution in [0.3, 0.4) is 0 Å². The highest BCUT2D eigenvalue weighted by atomic mass is 16.7. The lowest BCUT2D eigenvalue weighted by molar-refractivity contribution is -0.336. The Morgan fingerprint density at radius 1 is 0.906 bits per heavy atom. The number of ketones is 3. The van der Waals surface area contributed by atoms with E-state index in [1.165, 1.54) is 34.1 Å². The maximum Gasteiger partial charge on any atom is 0.312 e. The Kier molecular flexibility index (Phi) is 11.0. The number of benzene rings is 1. The van der Waals surface area contributed by atoms with Crippen molar-refractivity contribution in [1.29, 1.82) is 0 Å². The maximum atomic E-state index is 14.0. The molecule has 0 spiro atoms. The zero-order valence-electron chi connectivity index (χ0n) is 32.0. The van der Waals surface area contributed by atoms with Crippen LogP contribution in [-0.4, -0.2) is 77.4 Å². The predicted octanol–water partition coefficient (Wildman–Crippen LogP) is 5.43. The fourth-order valence-electron chi connectivity index (χ4n) is 7.71. The summed E-state index contributed by atoms with van der Waals surface area (Å²) in [4.78, 5) is 67.0. The normalized spacial score (nSPS) is 33.0. The molecule has 13 heteroatoms. The molecule has 1 saturated heterocycles. The average molecular weight is 736 g/mol. The van der Waals surface area contributed by atoms with Gasteiger partial charge >= 0.3 is 11.8 Å². The number of aromatic hydroxyl groups is 1. The number of fused-ring (bicyclic) bond motifs is 10. The minimum atomic E-state index is -2.00. The van der Waals surface area contributed by atoms with Crippen LogP contribution in [0.1, 0.15) is 99.0 Å². The van der Waals surface area contributed by atoms with E-state index in [4.69, 9.17) is 28.4 Å². The van der Waals surface area contributed by atoms with Gasteiger partial charge < -0.3 is 38.8 Å². The van der Waals surface area contributed by atoms with Crippen LogP contribution in [0.5, 0.6) is 11.5 Å². The van der Waals surface area contributed by atoms with Gasteiger partial charge in [0.1, 0.15) is 17.6 Å². The lowest BCUT2D eigenvalue weighted by Gasteiger charge is -2.50. The molecule has 1 aromatic rings. The summed E-state index contributed by atoms with van der Waals surface area (Å²) in [5, 5.41) is 13.7. The summed E-state index contributed by atoms with van der Waals surface area (Å²) in [6, 6.07) is 0. The number of hydrogen-bond acceptors (Lipinski definition) is 12. The number of phenolic OH excluding ortho intramolecular Hbond substituents is 1. The van der Waals surface area contributed by atoms with Crippen LogP contribution in [0.2, 0.25) is 0 Å². The summed E-state index contributed by atoms with van der Waals surface area (Å²) in [5.74, 6) is -8.33. The first-order valence-corrected chi connectivity index (χ1v) is 17.7. The Labute approximate surface area is 309 Å². The zero-order chi connectivity index (χ0) is 39.3. The molecule has 0 radical (unpaired) electrons. The first kappa shape index (κ1) is 39.6. The average Bonchev–Trinajstić information content (AvgIpc) is 3.35. The molecule has 5 aliphatic rings. The largest absolute Gasteiger partial charge is 0.507 e. The Balaban J connectivity index is 1.62. The van der Waals surface area contributed by atoms with Crippen molar-refractivity contribution in [2.24, 2.45) is 23.7 Å². The van der Waals surface area contributed by atoms with E-state index in [1.807, 2.05) is 47.6 Å². The summed E-state index contributed by atoms with van der Waals surface area (Å²) < 4.78 is 36.6. The first-order valence-electron chi connectivity index (χ1n) is 17.7. The third kappa shape index (κ3) is 7.34. The van der Waals surface area contributed by atoms with Gasteiger partial charge in [-0.15, -0.1) is 0 Å². The molecule has 13 nitrogen and oxygen atoms in total. The molecule has 4 heterocycles. The van der Waals surface area contributed by atoms with Gasteiger partial charge in [0.2, 0.25) is 5.78 Å². The molecule has 1 aliphatic carbocycles. The van der Waals surface area contributed by atoms with E-state index >= 15 is 0 Å². The highest BCUT2D eigenvalue weighted by Crippen LogP contribution is 2.48. The van der Waals surface area contributed by atoms with Crippen molar-refractivity contribution in [2.45, 2.75) is 105 Å². The fourth-order valence-corrected chi connectivity index (χ4v) is 7.71. The molecule has 4 aliphatic heterocycles. The highest BCUT2D eigenvalue weighted by Gasteiger charge is 2.52.